The van der Waals surface area contributed by atoms with Gasteiger partial charge in [0.15, 0.2) is 11.5 Å². The molecule has 0 saturated heterocycles. The summed E-state index contributed by atoms with van der Waals surface area (Å²) in [6, 6.07) is 10.6. The number of ether oxygens (including phenoxy) is 1. The molecule has 0 amide bonds. The van der Waals surface area contributed by atoms with Gasteiger partial charge in [-0.1, -0.05) is 18.2 Å². The van der Waals surface area contributed by atoms with E-state index in [2.05, 4.69) is 0 Å². The minimum Gasteiger partial charge on any atom is -0.421 e. The molecular weight excluding hydrogens is 395 g/mol. The van der Waals surface area contributed by atoms with Gasteiger partial charge in [0.2, 0.25) is 0 Å². The fraction of sp³-hybridized carbons (Fsp3) is 0. The van der Waals surface area contributed by atoms with Gasteiger partial charge in [-0.15, -0.1) is 0 Å². The van der Waals surface area contributed by atoms with E-state index in [1.54, 1.807) is 18.2 Å². The molecule has 0 aromatic heterocycles. The number of carbonyl (C=O) groups is 1. The first-order chi connectivity index (χ1) is 9.49. The quantitative estimate of drug-likeness (QED) is 0.293. The monoisotopic (exact) mass is 402 g/mol. The van der Waals surface area contributed by atoms with E-state index in [1.165, 1.54) is 24.3 Å². The van der Waals surface area contributed by atoms with E-state index in [0.29, 0.717) is 3.57 Å². The third-order valence-electron chi connectivity index (χ3n) is 2.70. The molecule has 0 atom stereocenters. The third-order valence-corrected chi connectivity index (χ3v) is 4.81. The van der Waals surface area contributed by atoms with Crippen LogP contribution in [-0.2, 0) is 10.1 Å². The van der Waals surface area contributed by atoms with E-state index >= 15 is 0 Å². The Hall–Kier alpha value is -1.61. The van der Waals surface area contributed by atoms with Crippen LogP contribution in [0.25, 0.3) is 0 Å². The molecule has 0 radical (unpaired) electrons. The standard InChI is InChI=1S/C13H7IO5S/c14-9-5-3-4-8-12(9)19-20(16,17)11-7-2-1-6-10(11)18-13(8)15/h1-7H. The predicted molar refractivity (Wildman–Crippen MR) is 78.4 cm³/mol. The van der Waals surface area contributed by atoms with Gasteiger partial charge in [0.25, 0.3) is 0 Å². The Morgan fingerprint density at radius 2 is 1.75 bits per heavy atom. The molecule has 0 bridgehead atoms. The first-order valence-electron chi connectivity index (χ1n) is 5.53. The molecule has 1 aliphatic rings. The Bertz CT molecular complexity index is 813. The summed E-state index contributed by atoms with van der Waals surface area (Å²) in [6.45, 7) is 0. The molecule has 20 heavy (non-hydrogen) atoms. The number of fused-ring (bicyclic) bond motifs is 2. The highest BCUT2D eigenvalue weighted by Gasteiger charge is 2.30. The van der Waals surface area contributed by atoms with E-state index in [4.69, 9.17) is 8.92 Å². The number of para-hydroxylation sites is 2. The molecule has 2 aromatic carbocycles. The van der Waals surface area contributed by atoms with Crippen LogP contribution in [0.3, 0.4) is 0 Å². The maximum absolute atomic E-state index is 12.3. The Kier molecular flexibility index (Phi) is 3.17. The van der Waals surface area contributed by atoms with Gasteiger partial charge in [-0.05, 0) is 46.9 Å². The minimum absolute atomic E-state index is 0.00685. The fourth-order valence-corrected chi connectivity index (χ4v) is 3.65. The molecule has 0 saturated carbocycles. The first-order valence-corrected chi connectivity index (χ1v) is 8.02. The number of hydrogen-bond acceptors (Lipinski definition) is 5. The number of benzene rings is 2. The van der Waals surface area contributed by atoms with Crippen molar-refractivity contribution >= 4 is 38.7 Å². The predicted octanol–water partition coefficient (Wildman–Crippen LogP) is 2.59. The molecule has 7 heteroatoms. The molecule has 5 nitrogen and oxygen atoms in total. The summed E-state index contributed by atoms with van der Waals surface area (Å²) in [4.78, 5) is 11.9. The number of carbonyl (C=O) groups excluding carboxylic acids is 1. The lowest BCUT2D eigenvalue weighted by molar-refractivity contribution is 0.0726. The Labute approximate surface area is 128 Å². The van der Waals surface area contributed by atoms with Gasteiger partial charge in [0.05, 0.1) is 3.57 Å². The highest BCUT2D eigenvalue weighted by atomic mass is 127. The van der Waals surface area contributed by atoms with Gasteiger partial charge < -0.3 is 8.92 Å². The molecule has 3 rings (SSSR count). The lowest BCUT2D eigenvalue weighted by Gasteiger charge is -2.17. The molecule has 0 aliphatic carbocycles. The van der Waals surface area contributed by atoms with Crippen molar-refractivity contribution in [2.75, 3.05) is 0 Å². The third kappa shape index (κ3) is 2.16. The topological polar surface area (TPSA) is 69.7 Å². The maximum Gasteiger partial charge on any atom is 0.347 e. The molecule has 0 spiro atoms. The van der Waals surface area contributed by atoms with Gasteiger partial charge in [-0.25, -0.2) is 4.79 Å². The molecular formula is C13H7IO5S. The largest absolute Gasteiger partial charge is 0.421 e. The summed E-state index contributed by atoms with van der Waals surface area (Å²) >= 11 is 1.90. The Morgan fingerprint density at radius 3 is 2.55 bits per heavy atom. The fourth-order valence-electron chi connectivity index (χ4n) is 1.80. The SMILES string of the molecule is O=C1Oc2ccccc2S(=O)(=O)Oc2c(I)cccc21. The van der Waals surface area contributed by atoms with Crippen LogP contribution in [0.4, 0.5) is 0 Å². The normalized spacial score (nSPS) is 15.9. The van der Waals surface area contributed by atoms with E-state index in [9.17, 15) is 13.2 Å². The van der Waals surface area contributed by atoms with Crippen molar-refractivity contribution in [1.82, 2.24) is 0 Å². The molecule has 0 unspecified atom stereocenters. The van der Waals surface area contributed by atoms with E-state index in [0.717, 1.165) is 0 Å². The van der Waals surface area contributed by atoms with Crippen molar-refractivity contribution in [1.29, 1.82) is 0 Å². The number of rotatable bonds is 0. The first kappa shape index (κ1) is 13.4. The Morgan fingerprint density at radius 1 is 1.00 bits per heavy atom. The van der Waals surface area contributed by atoms with Gasteiger partial charge in [-0.2, -0.15) is 8.42 Å². The number of halogens is 1. The van der Waals surface area contributed by atoms with Crippen LogP contribution in [-0.4, -0.2) is 14.4 Å². The molecule has 0 N–H and O–H groups in total. The van der Waals surface area contributed by atoms with E-state index in [-0.39, 0.29) is 22.0 Å². The van der Waals surface area contributed by atoms with Gasteiger partial charge >= 0.3 is 16.1 Å². The van der Waals surface area contributed by atoms with Crippen LogP contribution in [0.5, 0.6) is 11.5 Å². The zero-order valence-corrected chi connectivity index (χ0v) is 12.8. The lowest BCUT2D eigenvalue weighted by atomic mass is 10.2. The second kappa shape index (κ2) is 4.74. The molecule has 1 heterocycles. The second-order valence-corrected chi connectivity index (χ2v) is 6.67. The van der Waals surface area contributed by atoms with Crippen LogP contribution < -0.4 is 8.92 Å². The zero-order chi connectivity index (χ0) is 14.3. The highest BCUT2D eigenvalue weighted by molar-refractivity contribution is 14.1. The molecule has 102 valence electrons. The molecule has 1 aliphatic heterocycles. The molecule has 2 aromatic rings. The summed E-state index contributed by atoms with van der Waals surface area (Å²) in [5, 5.41) is 0. The van der Waals surface area contributed by atoms with Crippen LogP contribution in [0.15, 0.2) is 47.4 Å². The smallest absolute Gasteiger partial charge is 0.347 e. The van der Waals surface area contributed by atoms with Gasteiger partial charge in [0.1, 0.15) is 10.5 Å². The zero-order valence-electron chi connectivity index (χ0n) is 9.87. The average Bonchev–Trinajstić information content (AvgIpc) is 2.40. The van der Waals surface area contributed by atoms with Crippen LogP contribution >= 0.6 is 22.6 Å². The summed E-state index contributed by atoms with van der Waals surface area (Å²) in [6.07, 6.45) is 0. The highest BCUT2D eigenvalue weighted by Crippen LogP contribution is 2.35. The number of esters is 1. The number of hydrogen-bond donors (Lipinski definition) is 0. The van der Waals surface area contributed by atoms with Crippen LogP contribution in [0, 0.1) is 3.57 Å². The Balaban J connectivity index is 2.28. The van der Waals surface area contributed by atoms with Crippen LogP contribution in [0.2, 0.25) is 0 Å². The lowest BCUT2D eigenvalue weighted by Crippen LogP contribution is -2.20. The van der Waals surface area contributed by atoms with Crippen molar-refractivity contribution in [3.8, 4) is 11.5 Å². The minimum atomic E-state index is -4.04. The summed E-state index contributed by atoms with van der Waals surface area (Å²) in [7, 11) is -4.04. The average molecular weight is 402 g/mol. The maximum atomic E-state index is 12.3. The second-order valence-electron chi connectivity index (χ2n) is 3.99. The molecule has 0 fully saturated rings. The van der Waals surface area contributed by atoms with Crippen molar-refractivity contribution in [3.05, 3.63) is 51.6 Å². The van der Waals surface area contributed by atoms with Gasteiger partial charge in [-0.3, -0.25) is 0 Å². The van der Waals surface area contributed by atoms with Crippen LogP contribution in [0.1, 0.15) is 10.4 Å². The van der Waals surface area contributed by atoms with Crippen molar-refractivity contribution in [2.45, 2.75) is 4.90 Å². The van der Waals surface area contributed by atoms with Crippen molar-refractivity contribution < 1.29 is 22.1 Å². The van der Waals surface area contributed by atoms with E-state index < -0.39 is 16.1 Å². The summed E-state index contributed by atoms with van der Waals surface area (Å²) in [5.41, 5.74) is 0.0787. The van der Waals surface area contributed by atoms with Crippen molar-refractivity contribution in [2.24, 2.45) is 0 Å². The summed E-state index contributed by atoms with van der Waals surface area (Å²) in [5.74, 6) is -0.699. The van der Waals surface area contributed by atoms with E-state index in [1.807, 2.05) is 22.6 Å². The van der Waals surface area contributed by atoms with Gasteiger partial charge in [0, 0.05) is 0 Å². The van der Waals surface area contributed by atoms with Crippen molar-refractivity contribution in [3.63, 3.8) is 0 Å². The summed E-state index contributed by atoms with van der Waals surface area (Å²) < 4.78 is 35.3.